The number of ether oxygens (including phenoxy) is 2. The second kappa shape index (κ2) is 7.39. The fourth-order valence-corrected chi connectivity index (χ4v) is 1.63. The average molecular weight is 329 g/mol. The molecule has 0 bridgehead atoms. The highest BCUT2D eigenvalue weighted by atomic mass is 19.3. The summed E-state index contributed by atoms with van der Waals surface area (Å²) in [5.74, 6) is -4.72. The van der Waals surface area contributed by atoms with Crippen LogP contribution in [0.4, 0.5) is 13.6 Å². The van der Waals surface area contributed by atoms with Crippen LogP contribution in [0.3, 0.4) is 0 Å². The van der Waals surface area contributed by atoms with Crippen molar-refractivity contribution in [2.45, 2.75) is 51.9 Å². The number of rotatable bonds is 5. The van der Waals surface area contributed by atoms with Crippen LogP contribution in [0.25, 0.3) is 0 Å². The van der Waals surface area contributed by atoms with E-state index in [1.54, 1.807) is 51.1 Å². The minimum Gasteiger partial charge on any atom is -0.459 e. The van der Waals surface area contributed by atoms with E-state index >= 15 is 0 Å². The summed E-state index contributed by atoms with van der Waals surface area (Å²) in [7, 11) is 0. The van der Waals surface area contributed by atoms with Gasteiger partial charge in [0.2, 0.25) is 0 Å². The Morgan fingerprint density at radius 3 is 2.17 bits per heavy atom. The van der Waals surface area contributed by atoms with Crippen LogP contribution in [-0.2, 0) is 20.9 Å². The van der Waals surface area contributed by atoms with Gasteiger partial charge < -0.3 is 14.8 Å². The van der Waals surface area contributed by atoms with Gasteiger partial charge in [-0.3, -0.25) is 0 Å². The first-order valence-corrected chi connectivity index (χ1v) is 7.07. The van der Waals surface area contributed by atoms with Gasteiger partial charge in [0.15, 0.2) is 6.04 Å². The van der Waals surface area contributed by atoms with Crippen LogP contribution in [0.1, 0.15) is 33.3 Å². The van der Waals surface area contributed by atoms with Crippen LogP contribution in [0.2, 0.25) is 0 Å². The molecule has 1 amide bonds. The SMILES string of the molecule is CC(C)(C)OC(=O)N[C@H](C(=O)OCc1ccccc1)C(C)(F)F. The topological polar surface area (TPSA) is 64.6 Å². The van der Waals surface area contributed by atoms with Crippen LogP contribution in [0.15, 0.2) is 30.3 Å². The quantitative estimate of drug-likeness (QED) is 0.842. The first kappa shape index (κ1) is 18.9. The number of alkyl carbamates (subject to hydrolysis) is 1. The van der Waals surface area contributed by atoms with Crippen molar-refractivity contribution in [1.29, 1.82) is 0 Å². The molecule has 1 N–H and O–H groups in total. The third-order valence-corrected chi connectivity index (χ3v) is 2.63. The third-order valence-electron chi connectivity index (χ3n) is 2.63. The van der Waals surface area contributed by atoms with Gasteiger partial charge >= 0.3 is 12.1 Å². The Morgan fingerprint density at radius 1 is 1.13 bits per heavy atom. The van der Waals surface area contributed by atoms with Gasteiger partial charge in [-0.2, -0.15) is 0 Å². The molecule has 0 aliphatic heterocycles. The smallest absolute Gasteiger partial charge is 0.408 e. The van der Waals surface area contributed by atoms with E-state index in [1.807, 2.05) is 5.32 Å². The van der Waals surface area contributed by atoms with Crippen molar-refractivity contribution in [3.63, 3.8) is 0 Å². The Balaban J connectivity index is 2.70. The number of carbonyl (C=O) groups is 2. The minimum atomic E-state index is -3.50. The second-order valence-corrected chi connectivity index (χ2v) is 6.13. The summed E-state index contributed by atoms with van der Waals surface area (Å²) >= 11 is 0. The van der Waals surface area contributed by atoms with E-state index in [9.17, 15) is 18.4 Å². The summed E-state index contributed by atoms with van der Waals surface area (Å²) in [5.41, 5.74) is -0.220. The van der Waals surface area contributed by atoms with Gasteiger partial charge in [-0.25, -0.2) is 18.4 Å². The van der Waals surface area contributed by atoms with Crippen LogP contribution in [0, 0.1) is 0 Å². The van der Waals surface area contributed by atoms with Crippen LogP contribution < -0.4 is 5.32 Å². The van der Waals surface area contributed by atoms with Gasteiger partial charge in [0.25, 0.3) is 5.92 Å². The lowest BCUT2D eigenvalue weighted by atomic mass is 10.1. The number of halogens is 2. The summed E-state index contributed by atoms with van der Waals surface area (Å²) in [4.78, 5) is 23.5. The maximum Gasteiger partial charge on any atom is 0.408 e. The lowest BCUT2D eigenvalue weighted by molar-refractivity contribution is -0.157. The maximum absolute atomic E-state index is 13.6. The predicted molar refractivity (Wildman–Crippen MR) is 80.0 cm³/mol. The number of hydrogen-bond acceptors (Lipinski definition) is 4. The van der Waals surface area contributed by atoms with E-state index in [-0.39, 0.29) is 6.61 Å². The molecule has 0 saturated heterocycles. The Bertz CT molecular complexity index is 535. The predicted octanol–water partition coefficient (Wildman–Crippen LogP) is 3.28. The molecule has 0 unspecified atom stereocenters. The zero-order valence-electron chi connectivity index (χ0n) is 13.6. The number of hydrogen-bond donors (Lipinski definition) is 1. The largest absolute Gasteiger partial charge is 0.459 e. The van der Waals surface area contributed by atoms with E-state index in [0.717, 1.165) is 0 Å². The molecule has 1 aromatic rings. The molecule has 5 nitrogen and oxygen atoms in total. The summed E-state index contributed by atoms with van der Waals surface area (Å²) in [6, 6.07) is 6.49. The standard InChI is InChI=1S/C16H21F2NO4/c1-15(2,3)23-14(21)19-12(16(4,17)18)13(20)22-10-11-8-6-5-7-9-11/h5-9,12H,10H2,1-4H3,(H,19,21)/t12-/m1/s1. The monoisotopic (exact) mass is 329 g/mol. The molecule has 0 fully saturated rings. The molecule has 0 spiro atoms. The fourth-order valence-electron chi connectivity index (χ4n) is 1.63. The zero-order chi connectivity index (χ0) is 17.7. The molecular weight excluding hydrogens is 308 g/mol. The van der Waals surface area contributed by atoms with Crippen molar-refractivity contribution >= 4 is 12.1 Å². The van der Waals surface area contributed by atoms with Crippen LogP contribution >= 0.6 is 0 Å². The zero-order valence-corrected chi connectivity index (χ0v) is 13.6. The van der Waals surface area contributed by atoms with E-state index in [2.05, 4.69) is 0 Å². The van der Waals surface area contributed by atoms with Crippen LogP contribution in [-0.4, -0.2) is 29.6 Å². The first-order chi connectivity index (χ1) is 10.5. The summed E-state index contributed by atoms with van der Waals surface area (Å²) < 4.78 is 36.9. The molecule has 1 aromatic carbocycles. The highest BCUT2D eigenvalue weighted by Crippen LogP contribution is 2.20. The van der Waals surface area contributed by atoms with Crippen molar-refractivity contribution in [2.75, 3.05) is 0 Å². The molecule has 0 radical (unpaired) electrons. The molecule has 0 aromatic heterocycles. The van der Waals surface area contributed by atoms with Gasteiger partial charge in [0, 0.05) is 6.92 Å². The summed E-state index contributed by atoms with van der Waals surface area (Å²) in [6.07, 6.45) is -1.11. The van der Waals surface area contributed by atoms with Crippen molar-refractivity contribution < 1.29 is 27.8 Å². The molecule has 0 heterocycles. The number of benzene rings is 1. The van der Waals surface area contributed by atoms with Gasteiger partial charge in [-0.05, 0) is 26.3 Å². The Hall–Kier alpha value is -2.18. The fraction of sp³-hybridized carbons (Fsp3) is 0.500. The van der Waals surface area contributed by atoms with E-state index < -0.39 is 29.6 Å². The number of amides is 1. The van der Waals surface area contributed by atoms with E-state index in [1.165, 1.54) is 0 Å². The van der Waals surface area contributed by atoms with Gasteiger partial charge in [-0.1, -0.05) is 30.3 Å². The molecule has 23 heavy (non-hydrogen) atoms. The summed E-state index contributed by atoms with van der Waals surface area (Å²) in [6.45, 7) is 5.11. The van der Waals surface area contributed by atoms with Crippen molar-refractivity contribution in [1.82, 2.24) is 5.32 Å². The minimum absolute atomic E-state index is 0.164. The molecule has 1 rings (SSSR count). The molecule has 0 saturated carbocycles. The van der Waals surface area contributed by atoms with Gasteiger partial charge in [-0.15, -0.1) is 0 Å². The Labute approximate surface area is 134 Å². The second-order valence-electron chi connectivity index (χ2n) is 6.13. The lowest BCUT2D eigenvalue weighted by Gasteiger charge is -2.25. The lowest BCUT2D eigenvalue weighted by Crippen LogP contribution is -2.53. The molecule has 7 heteroatoms. The number of carbonyl (C=O) groups excluding carboxylic acids is 2. The van der Waals surface area contributed by atoms with Crippen molar-refractivity contribution in [2.24, 2.45) is 0 Å². The first-order valence-electron chi connectivity index (χ1n) is 7.07. The number of nitrogens with one attached hydrogen (secondary N) is 1. The van der Waals surface area contributed by atoms with E-state index in [4.69, 9.17) is 9.47 Å². The summed E-state index contributed by atoms with van der Waals surface area (Å²) in [5, 5.41) is 1.86. The highest BCUT2D eigenvalue weighted by molar-refractivity contribution is 5.82. The highest BCUT2D eigenvalue weighted by Gasteiger charge is 2.43. The normalized spacial score (nSPS) is 13.1. The molecule has 1 atom stereocenters. The van der Waals surface area contributed by atoms with Gasteiger partial charge in [0.1, 0.15) is 12.2 Å². The Morgan fingerprint density at radius 2 is 1.70 bits per heavy atom. The van der Waals surface area contributed by atoms with Crippen LogP contribution in [0.5, 0.6) is 0 Å². The molecule has 0 aliphatic carbocycles. The average Bonchev–Trinajstić information content (AvgIpc) is 2.40. The Kier molecular flexibility index (Phi) is 6.06. The van der Waals surface area contributed by atoms with Crippen molar-refractivity contribution in [3.05, 3.63) is 35.9 Å². The number of alkyl halides is 2. The van der Waals surface area contributed by atoms with E-state index in [0.29, 0.717) is 12.5 Å². The van der Waals surface area contributed by atoms with Crippen molar-refractivity contribution in [3.8, 4) is 0 Å². The third kappa shape index (κ3) is 7.08. The maximum atomic E-state index is 13.6. The van der Waals surface area contributed by atoms with Gasteiger partial charge in [0.05, 0.1) is 0 Å². The number of esters is 1. The molecular formula is C16H21F2NO4. The molecule has 0 aliphatic rings. The molecule has 128 valence electrons.